The van der Waals surface area contributed by atoms with Crippen LogP contribution in [0.1, 0.15) is 16.8 Å². The van der Waals surface area contributed by atoms with Crippen LogP contribution in [0.5, 0.6) is 5.75 Å². The van der Waals surface area contributed by atoms with E-state index in [0.717, 1.165) is 10.9 Å². The van der Waals surface area contributed by atoms with Crippen molar-refractivity contribution in [3.63, 3.8) is 0 Å². The number of non-ortho nitro benzene ring substituents is 1. The largest absolute Gasteiger partial charge is 0.491 e. The molecule has 9 nitrogen and oxygen atoms in total. The molecule has 2 heterocycles. The van der Waals surface area contributed by atoms with Crippen molar-refractivity contribution in [1.29, 1.82) is 0 Å². The molecule has 4 rings (SSSR count). The van der Waals surface area contributed by atoms with Gasteiger partial charge >= 0.3 is 0 Å². The van der Waals surface area contributed by atoms with Gasteiger partial charge in [0.2, 0.25) is 0 Å². The highest BCUT2D eigenvalue weighted by Gasteiger charge is 2.21. The molecule has 0 spiro atoms. The van der Waals surface area contributed by atoms with Gasteiger partial charge in [-0.2, -0.15) is 0 Å². The first-order valence-corrected chi connectivity index (χ1v) is 10.5. The highest BCUT2D eigenvalue weighted by Crippen LogP contribution is 2.26. The number of benzene rings is 2. The highest BCUT2D eigenvalue weighted by atomic mass is 16.6. The van der Waals surface area contributed by atoms with Gasteiger partial charge in [0.15, 0.2) is 0 Å². The Morgan fingerprint density at radius 1 is 1.19 bits per heavy atom. The molecule has 0 bridgehead atoms. The number of fused-ring (bicyclic) bond motifs is 1. The molecular formula is C23H24N4O5. The predicted octanol–water partition coefficient (Wildman–Crippen LogP) is 3.18. The number of nitrogens with zero attached hydrogens (tertiary/aromatic N) is 3. The van der Waals surface area contributed by atoms with E-state index in [1.807, 2.05) is 35.2 Å². The molecule has 0 atom stereocenters. The number of hydrogen-bond acceptors (Lipinski definition) is 7. The lowest BCUT2D eigenvalue weighted by Gasteiger charge is -2.30. The molecule has 3 aromatic rings. The molecule has 1 N–H and O–H groups in total. The second kappa shape index (κ2) is 10.1. The van der Waals surface area contributed by atoms with Gasteiger partial charge in [-0.15, -0.1) is 0 Å². The van der Waals surface area contributed by atoms with E-state index < -0.39 is 4.92 Å². The van der Waals surface area contributed by atoms with Crippen molar-refractivity contribution in [2.45, 2.75) is 6.42 Å². The maximum Gasteiger partial charge on any atom is 0.270 e. The van der Waals surface area contributed by atoms with Gasteiger partial charge < -0.3 is 19.7 Å². The van der Waals surface area contributed by atoms with Crippen LogP contribution in [-0.4, -0.2) is 55.3 Å². The fourth-order valence-corrected chi connectivity index (χ4v) is 3.64. The number of rotatable bonds is 8. The minimum absolute atomic E-state index is 0.112. The van der Waals surface area contributed by atoms with Gasteiger partial charge in [0.1, 0.15) is 11.3 Å². The molecule has 166 valence electrons. The fourth-order valence-electron chi connectivity index (χ4n) is 3.64. The van der Waals surface area contributed by atoms with Crippen molar-refractivity contribution in [3.8, 4) is 5.75 Å². The summed E-state index contributed by atoms with van der Waals surface area (Å²) in [5.41, 5.74) is 1.65. The number of pyridine rings is 1. The molecule has 32 heavy (non-hydrogen) atoms. The maximum absolute atomic E-state index is 12.8. The maximum atomic E-state index is 12.8. The standard InChI is InChI=1S/C23H24N4O5/c28-23(19-16-18(27(29)30)7-8-20(19)26-11-14-31-15-12-26)25-10-3-13-32-21-6-1-4-17-5-2-9-24-22(17)21/h1-2,4-9,16H,3,10-15H2,(H,25,28). The lowest BCUT2D eigenvalue weighted by molar-refractivity contribution is -0.384. The number of amides is 1. The van der Waals surface area contributed by atoms with Crippen LogP contribution in [0, 0.1) is 10.1 Å². The van der Waals surface area contributed by atoms with Crippen molar-refractivity contribution in [1.82, 2.24) is 10.3 Å². The zero-order chi connectivity index (χ0) is 22.3. The molecule has 9 heteroatoms. The van der Waals surface area contributed by atoms with Crippen molar-refractivity contribution in [2.24, 2.45) is 0 Å². The molecule has 2 aromatic carbocycles. The van der Waals surface area contributed by atoms with E-state index in [1.165, 1.54) is 12.1 Å². The monoisotopic (exact) mass is 436 g/mol. The number of carbonyl (C=O) groups excluding carboxylic acids is 1. The van der Waals surface area contributed by atoms with E-state index in [4.69, 9.17) is 9.47 Å². The Balaban J connectivity index is 1.37. The lowest BCUT2D eigenvalue weighted by Crippen LogP contribution is -2.38. The van der Waals surface area contributed by atoms with Crippen LogP contribution in [0.2, 0.25) is 0 Å². The Labute approximate surface area is 185 Å². The third-order valence-corrected chi connectivity index (χ3v) is 5.25. The fraction of sp³-hybridized carbons (Fsp3) is 0.304. The number of nitro groups is 1. The topological polar surface area (TPSA) is 107 Å². The van der Waals surface area contributed by atoms with E-state index in [9.17, 15) is 14.9 Å². The molecule has 0 saturated carbocycles. The van der Waals surface area contributed by atoms with Crippen LogP contribution in [0.3, 0.4) is 0 Å². The number of nitrogens with one attached hydrogen (secondary N) is 1. The van der Waals surface area contributed by atoms with Gasteiger partial charge in [-0.05, 0) is 24.6 Å². The Morgan fingerprint density at radius 2 is 2.00 bits per heavy atom. The summed E-state index contributed by atoms with van der Waals surface area (Å²) in [5, 5.41) is 15.1. The normalized spacial score (nSPS) is 13.7. The van der Waals surface area contributed by atoms with Crippen LogP contribution in [0.15, 0.2) is 54.7 Å². The van der Waals surface area contributed by atoms with Crippen molar-refractivity contribution >= 4 is 28.2 Å². The number of ether oxygens (including phenoxy) is 2. The van der Waals surface area contributed by atoms with Crippen LogP contribution in [0.4, 0.5) is 11.4 Å². The Kier molecular flexibility index (Phi) is 6.76. The number of morpholine rings is 1. The van der Waals surface area contributed by atoms with Crippen molar-refractivity contribution in [3.05, 3.63) is 70.4 Å². The number of hydrogen-bond donors (Lipinski definition) is 1. The Morgan fingerprint density at radius 3 is 2.81 bits per heavy atom. The first kappa shape index (κ1) is 21.5. The van der Waals surface area contributed by atoms with Gasteiger partial charge in [0.25, 0.3) is 11.6 Å². The molecule has 1 aliphatic rings. The van der Waals surface area contributed by atoms with E-state index in [2.05, 4.69) is 10.3 Å². The number of aromatic nitrogens is 1. The smallest absolute Gasteiger partial charge is 0.270 e. The van der Waals surface area contributed by atoms with Gasteiger partial charge in [-0.25, -0.2) is 0 Å². The van der Waals surface area contributed by atoms with Crippen LogP contribution >= 0.6 is 0 Å². The lowest BCUT2D eigenvalue weighted by atomic mass is 10.1. The summed E-state index contributed by atoms with van der Waals surface area (Å²) in [6, 6.07) is 14.0. The molecule has 1 saturated heterocycles. The zero-order valence-corrected chi connectivity index (χ0v) is 17.5. The minimum atomic E-state index is -0.494. The molecule has 0 radical (unpaired) electrons. The molecule has 1 amide bonds. The summed E-state index contributed by atoms with van der Waals surface area (Å²) in [6.07, 6.45) is 2.30. The Hall–Kier alpha value is -3.72. The highest BCUT2D eigenvalue weighted by molar-refractivity contribution is 6.00. The number of nitro benzene ring substituents is 1. The number of anilines is 1. The molecule has 1 aliphatic heterocycles. The summed E-state index contributed by atoms with van der Waals surface area (Å²) < 4.78 is 11.2. The quantitative estimate of drug-likeness (QED) is 0.328. The van der Waals surface area contributed by atoms with Crippen molar-refractivity contribution < 1.29 is 19.2 Å². The van der Waals surface area contributed by atoms with E-state index >= 15 is 0 Å². The number of para-hydroxylation sites is 1. The second-order valence-corrected chi connectivity index (χ2v) is 7.35. The summed E-state index contributed by atoms with van der Waals surface area (Å²) in [7, 11) is 0. The summed E-state index contributed by atoms with van der Waals surface area (Å²) in [6.45, 7) is 3.15. The van der Waals surface area contributed by atoms with E-state index in [0.29, 0.717) is 62.9 Å². The van der Waals surface area contributed by atoms with Crippen molar-refractivity contribution in [2.75, 3.05) is 44.4 Å². The third kappa shape index (κ3) is 4.94. The SMILES string of the molecule is O=C(NCCCOc1cccc2cccnc12)c1cc([N+](=O)[O-])ccc1N1CCOCC1. The van der Waals surface area contributed by atoms with Crippen LogP contribution in [-0.2, 0) is 4.74 Å². The Bertz CT molecular complexity index is 1110. The molecule has 0 unspecified atom stereocenters. The minimum Gasteiger partial charge on any atom is -0.491 e. The van der Waals surface area contributed by atoms with Gasteiger partial charge in [0, 0.05) is 43.4 Å². The molecule has 0 aliphatic carbocycles. The van der Waals surface area contributed by atoms with Gasteiger partial charge in [0.05, 0.1) is 36.0 Å². The average molecular weight is 436 g/mol. The van der Waals surface area contributed by atoms with Crippen LogP contribution < -0.4 is 15.0 Å². The first-order chi connectivity index (χ1) is 15.6. The summed E-state index contributed by atoms with van der Waals surface area (Å²) in [4.78, 5) is 29.9. The van der Waals surface area contributed by atoms with Gasteiger partial charge in [-0.3, -0.25) is 19.9 Å². The second-order valence-electron chi connectivity index (χ2n) is 7.35. The first-order valence-electron chi connectivity index (χ1n) is 10.5. The predicted molar refractivity (Wildman–Crippen MR) is 120 cm³/mol. The third-order valence-electron chi connectivity index (χ3n) is 5.25. The summed E-state index contributed by atoms with van der Waals surface area (Å²) in [5.74, 6) is 0.352. The number of carbonyl (C=O) groups is 1. The molecular weight excluding hydrogens is 412 g/mol. The molecule has 1 aromatic heterocycles. The van der Waals surface area contributed by atoms with E-state index in [1.54, 1.807) is 12.3 Å². The summed E-state index contributed by atoms with van der Waals surface area (Å²) >= 11 is 0. The van der Waals surface area contributed by atoms with Gasteiger partial charge in [-0.1, -0.05) is 18.2 Å². The molecule has 1 fully saturated rings. The zero-order valence-electron chi connectivity index (χ0n) is 17.5. The average Bonchev–Trinajstić information content (AvgIpc) is 2.84. The van der Waals surface area contributed by atoms with E-state index in [-0.39, 0.29) is 11.6 Å². The van der Waals surface area contributed by atoms with Crippen LogP contribution in [0.25, 0.3) is 10.9 Å².